The van der Waals surface area contributed by atoms with Crippen LogP contribution < -0.4 is 10.1 Å². The van der Waals surface area contributed by atoms with Crippen molar-refractivity contribution in [2.45, 2.75) is 25.5 Å². The maximum atomic E-state index is 13.3. The number of carbonyl (C=O) groups excluding carboxylic acids is 2. The average Bonchev–Trinajstić information content (AvgIpc) is 2.63. The van der Waals surface area contributed by atoms with Crippen molar-refractivity contribution in [3.8, 4) is 5.75 Å². The summed E-state index contributed by atoms with van der Waals surface area (Å²) in [5, 5.41) is 2.72. The van der Waals surface area contributed by atoms with E-state index in [9.17, 15) is 18.4 Å². The zero-order valence-electron chi connectivity index (χ0n) is 14.7. The number of carbonyl (C=O) groups is 2. The number of esters is 1. The molecule has 2 aromatic carbocycles. The Labute approximate surface area is 163 Å². The molecule has 0 saturated carbocycles. The van der Waals surface area contributed by atoms with Crippen LogP contribution in [0.1, 0.15) is 24.9 Å². The molecule has 8 heteroatoms. The van der Waals surface area contributed by atoms with Crippen LogP contribution in [-0.2, 0) is 14.3 Å². The molecule has 2 aromatic rings. The van der Waals surface area contributed by atoms with Crippen molar-refractivity contribution in [2.75, 3.05) is 7.11 Å². The fourth-order valence-electron chi connectivity index (χ4n) is 2.32. The third-order valence-corrected chi connectivity index (χ3v) is 4.23. The third kappa shape index (κ3) is 6.02. The van der Waals surface area contributed by atoms with Crippen LogP contribution in [0.4, 0.5) is 8.78 Å². The van der Waals surface area contributed by atoms with E-state index in [1.807, 2.05) is 6.07 Å². The van der Waals surface area contributed by atoms with Crippen molar-refractivity contribution in [3.05, 3.63) is 64.1 Å². The number of rotatable bonds is 7. The molecule has 5 nitrogen and oxygen atoms in total. The summed E-state index contributed by atoms with van der Waals surface area (Å²) < 4.78 is 37.1. The van der Waals surface area contributed by atoms with E-state index >= 15 is 0 Å². The van der Waals surface area contributed by atoms with Gasteiger partial charge < -0.3 is 14.8 Å². The molecule has 0 saturated heterocycles. The number of ether oxygens (including phenoxy) is 2. The molecule has 0 aliphatic heterocycles. The first-order chi connectivity index (χ1) is 12.8. The van der Waals surface area contributed by atoms with Crippen LogP contribution in [0.2, 0.25) is 0 Å². The first-order valence-corrected chi connectivity index (χ1v) is 8.83. The Morgan fingerprint density at radius 1 is 1.15 bits per heavy atom. The summed E-state index contributed by atoms with van der Waals surface area (Å²) in [6.45, 7) is 1.46. The van der Waals surface area contributed by atoms with Crippen LogP contribution in [0, 0.1) is 11.6 Å². The molecule has 0 aromatic heterocycles. The van der Waals surface area contributed by atoms with Gasteiger partial charge in [0, 0.05) is 10.5 Å². The second-order valence-corrected chi connectivity index (χ2v) is 6.65. The lowest BCUT2D eigenvalue weighted by Crippen LogP contribution is -2.39. The van der Waals surface area contributed by atoms with E-state index in [0.29, 0.717) is 5.56 Å². The highest BCUT2D eigenvalue weighted by molar-refractivity contribution is 9.10. The van der Waals surface area contributed by atoms with E-state index in [1.165, 1.54) is 20.1 Å². The molecule has 0 radical (unpaired) electrons. The molecule has 0 aliphatic rings. The SMILES string of the molecule is COC(=O)CC(NC(=O)C(C)Oc1ccc(F)c(F)c1)c1cccc(Br)c1. The second kappa shape index (κ2) is 9.45. The molecule has 0 heterocycles. The molecular weight excluding hydrogens is 424 g/mol. The maximum absolute atomic E-state index is 13.3. The Hall–Kier alpha value is -2.48. The fraction of sp³-hybridized carbons (Fsp3) is 0.263. The highest BCUT2D eigenvalue weighted by Crippen LogP contribution is 2.22. The molecule has 2 unspecified atom stereocenters. The van der Waals surface area contributed by atoms with Gasteiger partial charge in [0.2, 0.25) is 0 Å². The van der Waals surface area contributed by atoms with Crippen molar-refractivity contribution in [3.63, 3.8) is 0 Å². The summed E-state index contributed by atoms with van der Waals surface area (Å²) in [6.07, 6.45) is -1.07. The predicted molar refractivity (Wildman–Crippen MR) is 98.1 cm³/mol. The Bertz CT molecular complexity index is 831. The Kier molecular flexibility index (Phi) is 7.29. The van der Waals surface area contributed by atoms with Crippen LogP contribution in [0.15, 0.2) is 46.9 Å². The van der Waals surface area contributed by atoms with Gasteiger partial charge in [-0.2, -0.15) is 0 Å². The molecule has 1 N–H and O–H groups in total. The number of hydrogen-bond acceptors (Lipinski definition) is 4. The van der Waals surface area contributed by atoms with Crippen molar-refractivity contribution < 1.29 is 27.8 Å². The Morgan fingerprint density at radius 2 is 1.89 bits per heavy atom. The smallest absolute Gasteiger partial charge is 0.307 e. The number of hydrogen-bond donors (Lipinski definition) is 1. The maximum Gasteiger partial charge on any atom is 0.307 e. The van der Waals surface area contributed by atoms with E-state index in [1.54, 1.807) is 18.2 Å². The van der Waals surface area contributed by atoms with Gasteiger partial charge in [-0.25, -0.2) is 8.78 Å². The van der Waals surface area contributed by atoms with Gasteiger partial charge in [-0.1, -0.05) is 28.1 Å². The second-order valence-electron chi connectivity index (χ2n) is 5.73. The van der Waals surface area contributed by atoms with Crippen molar-refractivity contribution >= 4 is 27.8 Å². The standard InChI is InChI=1S/C19H18BrF2NO4/c1-11(27-14-6-7-15(21)16(22)9-14)19(25)23-17(10-18(24)26-2)12-4-3-5-13(20)8-12/h3-9,11,17H,10H2,1-2H3,(H,23,25). The van der Waals surface area contributed by atoms with Crippen LogP contribution in [0.25, 0.3) is 0 Å². The quantitative estimate of drug-likeness (QED) is 0.661. The van der Waals surface area contributed by atoms with Gasteiger partial charge in [0.05, 0.1) is 19.6 Å². The van der Waals surface area contributed by atoms with E-state index in [0.717, 1.165) is 16.6 Å². The highest BCUT2D eigenvalue weighted by Gasteiger charge is 2.23. The van der Waals surface area contributed by atoms with E-state index in [-0.39, 0.29) is 12.2 Å². The van der Waals surface area contributed by atoms with E-state index in [4.69, 9.17) is 4.74 Å². The number of benzene rings is 2. The Morgan fingerprint density at radius 3 is 2.52 bits per heavy atom. The summed E-state index contributed by atoms with van der Waals surface area (Å²) in [4.78, 5) is 24.2. The lowest BCUT2D eigenvalue weighted by Gasteiger charge is -2.21. The number of amides is 1. The molecule has 0 aliphatic carbocycles. The first kappa shape index (κ1) is 20.8. The summed E-state index contributed by atoms with van der Waals surface area (Å²) in [6, 6.07) is 9.48. The minimum Gasteiger partial charge on any atom is -0.481 e. The lowest BCUT2D eigenvalue weighted by molar-refractivity contribution is -0.141. The first-order valence-electron chi connectivity index (χ1n) is 8.04. The molecule has 0 spiro atoms. The van der Waals surface area contributed by atoms with Gasteiger partial charge in [-0.3, -0.25) is 9.59 Å². The van der Waals surface area contributed by atoms with Crippen LogP contribution in [0.5, 0.6) is 5.75 Å². The summed E-state index contributed by atoms with van der Waals surface area (Å²) in [5.41, 5.74) is 0.697. The molecule has 2 atom stereocenters. The van der Waals surface area contributed by atoms with Gasteiger partial charge in [0.25, 0.3) is 5.91 Å². The topological polar surface area (TPSA) is 64.6 Å². The minimum atomic E-state index is -1.07. The van der Waals surface area contributed by atoms with Gasteiger partial charge in [0.15, 0.2) is 17.7 Å². The van der Waals surface area contributed by atoms with Crippen molar-refractivity contribution in [1.29, 1.82) is 0 Å². The summed E-state index contributed by atoms with van der Waals surface area (Å²) in [7, 11) is 1.26. The molecule has 0 fully saturated rings. The fourth-order valence-corrected chi connectivity index (χ4v) is 2.74. The third-order valence-electron chi connectivity index (χ3n) is 3.74. The number of nitrogens with one attached hydrogen (secondary N) is 1. The van der Waals surface area contributed by atoms with Crippen molar-refractivity contribution in [2.24, 2.45) is 0 Å². The van der Waals surface area contributed by atoms with Gasteiger partial charge >= 0.3 is 5.97 Å². The van der Waals surface area contributed by atoms with Gasteiger partial charge in [-0.05, 0) is 36.8 Å². The normalized spacial score (nSPS) is 12.8. The number of halogens is 3. The zero-order valence-corrected chi connectivity index (χ0v) is 16.3. The number of methoxy groups -OCH3 is 1. The summed E-state index contributed by atoms with van der Waals surface area (Å²) in [5.74, 6) is -3.07. The molecular formula is C19H18BrF2NO4. The van der Waals surface area contributed by atoms with Crippen molar-refractivity contribution in [1.82, 2.24) is 5.32 Å². The van der Waals surface area contributed by atoms with E-state index in [2.05, 4.69) is 26.0 Å². The summed E-state index contributed by atoms with van der Waals surface area (Å²) >= 11 is 3.35. The highest BCUT2D eigenvalue weighted by atomic mass is 79.9. The van der Waals surface area contributed by atoms with E-state index < -0.39 is 35.7 Å². The van der Waals surface area contributed by atoms with Crippen LogP contribution >= 0.6 is 15.9 Å². The largest absolute Gasteiger partial charge is 0.481 e. The molecule has 2 rings (SSSR count). The van der Waals surface area contributed by atoms with Crippen LogP contribution in [0.3, 0.4) is 0 Å². The molecule has 27 heavy (non-hydrogen) atoms. The molecule has 1 amide bonds. The predicted octanol–water partition coefficient (Wildman–Crippen LogP) is 3.92. The minimum absolute atomic E-state index is 0.0172. The molecule has 144 valence electrons. The molecule has 0 bridgehead atoms. The Balaban J connectivity index is 2.11. The van der Waals surface area contributed by atoms with Crippen LogP contribution in [-0.4, -0.2) is 25.1 Å². The zero-order chi connectivity index (χ0) is 20.0. The average molecular weight is 442 g/mol. The van der Waals surface area contributed by atoms with Gasteiger partial charge in [-0.15, -0.1) is 0 Å². The van der Waals surface area contributed by atoms with Gasteiger partial charge in [0.1, 0.15) is 5.75 Å². The lowest BCUT2D eigenvalue weighted by atomic mass is 10.0. The monoisotopic (exact) mass is 441 g/mol.